The van der Waals surface area contributed by atoms with Gasteiger partial charge in [-0.25, -0.2) is 8.42 Å². The average Bonchev–Trinajstić information content (AvgIpc) is 2.14. The molecule has 0 aromatic carbocycles. The summed E-state index contributed by atoms with van der Waals surface area (Å²) in [6.07, 6.45) is -0.0245. The second-order valence-corrected chi connectivity index (χ2v) is 7.94. The van der Waals surface area contributed by atoms with E-state index in [1.54, 1.807) is 4.31 Å². The summed E-state index contributed by atoms with van der Waals surface area (Å²) in [5.74, 6) is 0.189. The molecular weight excluding hydrogens is 294 g/mol. The normalized spacial score (nSPS) is 24.6. The molecule has 1 aliphatic heterocycles. The minimum absolute atomic E-state index is 0.0245. The molecule has 1 fully saturated rings. The number of ether oxygens (including phenoxy) is 1. The first-order valence-corrected chi connectivity index (χ1v) is 8.13. The Balaban J connectivity index is 2.68. The lowest BCUT2D eigenvalue weighted by atomic mass is 10.0. The zero-order valence-corrected chi connectivity index (χ0v) is 12.5. The fourth-order valence-electron chi connectivity index (χ4n) is 1.68. The van der Waals surface area contributed by atoms with Crippen molar-refractivity contribution in [1.82, 2.24) is 4.31 Å². The maximum atomic E-state index is 12.1. The molecule has 0 bridgehead atoms. The zero-order valence-electron chi connectivity index (χ0n) is 10.1. The van der Waals surface area contributed by atoms with Gasteiger partial charge in [-0.15, -0.1) is 0 Å². The smallest absolute Gasteiger partial charge is 0.214 e. The van der Waals surface area contributed by atoms with Crippen molar-refractivity contribution in [2.24, 2.45) is 5.41 Å². The number of hydrogen-bond acceptors (Lipinski definition) is 3. The summed E-state index contributed by atoms with van der Waals surface area (Å²) in [7, 11) is -3.15. The molecule has 0 N–H and O–H groups in total. The van der Waals surface area contributed by atoms with E-state index in [0.717, 1.165) is 0 Å². The van der Waals surface area contributed by atoms with E-state index >= 15 is 0 Å². The first-order chi connectivity index (χ1) is 7.24. The van der Waals surface area contributed by atoms with Crippen molar-refractivity contribution >= 4 is 26.0 Å². The minimum atomic E-state index is -3.15. The Morgan fingerprint density at radius 2 is 2.06 bits per heavy atom. The van der Waals surface area contributed by atoms with Crippen LogP contribution >= 0.6 is 15.9 Å². The Labute approximate surface area is 107 Å². The Morgan fingerprint density at radius 3 is 2.56 bits per heavy atom. The van der Waals surface area contributed by atoms with Gasteiger partial charge in [0.15, 0.2) is 0 Å². The maximum Gasteiger partial charge on any atom is 0.214 e. The van der Waals surface area contributed by atoms with Gasteiger partial charge in [-0.1, -0.05) is 36.7 Å². The molecule has 1 atom stereocenters. The van der Waals surface area contributed by atoms with Crippen LogP contribution in [0.3, 0.4) is 0 Å². The largest absolute Gasteiger partial charge is 0.375 e. The lowest BCUT2D eigenvalue weighted by molar-refractivity contribution is 0.0134. The van der Waals surface area contributed by atoms with Crippen molar-refractivity contribution in [3.8, 4) is 0 Å². The van der Waals surface area contributed by atoms with Crippen LogP contribution in [0, 0.1) is 5.41 Å². The number of morpholine rings is 1. The van der Waals surface area contributed by atoms with E-state index in [1.165, 1.54) is 0 Å². The molecular formula is C10H20BrNO3S. The third kappa shape index (κ3) is 4.31. The van der Waals surface area contributed by atoms with Crippen LogP contribution in [0.1, 0.15) is 20.8 Å². The molecule has 1 unspecified atom stereocenters. The molecule has 0 spiro atoms. The second kappa shape index (κ2) is 5.33. The van der Waals surface area contributed by atoms with Crippen LogP contribution in [0.4, 0.5) is 0 Å². The summed E-state index contributed by atoms with van der Waals surface area (Å²) in [5.41, 5.74) is -0.207. The van der Waals surface area contributed by atoms with Gasteiger partial charge >= 0.3 is 0 Å². The highest BCUT2D eigenvalue weighted by molar-refractivity contribution is 9.09. The molecule has 6 heteroatoms. The van der Waals surface area contributed by atoms with E-state index in [2.05, 4.69) is 15.9 Å². The summed E-state index contributed by atoms with van der Waals surface area (Å²) >= 11 is 3.32. The summed E-state index contributed by atoms with van der Waals surface area (Å²) in [4.78, 5) is 0. The van der Waals surface area contributed by atoms with E-state index in [-0.39, 0.29) is 17.3 Å². The molecule has 4 nitrogen and oxygen atoms in total. The van der Waals surface area contributed by atoms with Crippen LogP contribution in [0.25, 0.3) is 0 Å². The second-order valence-electron chi connectivity index (χ2n) is 5.32. The Kier molecular flexibility index (Phi) is 4.80. The van der Waals surface area contributed by atoms with Crippen LogP contribution < -0.4 is 0 Å². The summed E-state index contributed by atoms with van der Waals surface area (Å²) in [6, 6.07) is 0. The van der Waals surface area contributed by atoms with Crippen LogP contribution in [-0.2, 0) is 14.8 Å². The number of hydrogen-bond donors (Lipinski definition) is 0. The van der Waals surface area contributed by atoms with E-state index in [9.17, 15) is 8.42 Å². The van der Waals surface area contributed by atoms with Gasteiger partial charge in [-0.2, -0.15) is 4.31 Å². The summed E-state index contributed by atoms with van der Waals surface area (Å²) < 4.78 is 31.2. The molecule has 1 saturated heterocycles. The number of halogens is 1. The van der Waals surface area contributed by atoms with Crippen molar-refractivity contribution in [2.45, 2.75) is 26.9 Å². The molecule has 1 aliphatic rings. The molecule has 0 aromatic rings. The van der Waals surface area contributed by atoms with Crippen molar-refractivity contribution in [3.05, 3.63) is 0 Å². The average molecular weight is 314 g/mol. The van der Waals surface area contributed by atoms with Gasteiger partial charge < -0.3 is 4.74 Å². The van der Waals surface area contributed by atoms with Gasteiger partial charge in [0, 0.05) is 18.4 Å². The predicted octanol–water partition coefficient (Wildman–Crippen LogP) is 1.46. The molecule has 96 valence electrons. The third-order valence-electron chi connectivity index (χ3n) is 2.28. The van der Waals surface area contributed by atoms with Crippen LogP contribution in [0.2, 0.25) is 0 Å². The molecule has 16 heavy (non-hydrogen) atoms. The zero-order chi connectivity index (χ0) is 12.4. The topological polar surface area (TPSA) is 46.6 Å². The van der Waals surface area contributed by atoms with Crippen LogP contribution in [-0.4, -0.2) is 49.6 Å². The minimum Gasteiger partial charge on any atom is -0.375 e. The standard InChI is InChI=1S/C10H20BrNO3S/c1-10(2,3)8-16(13,14)12-4-5-15-9(6-11)7-12/h9H,4-8H2,1-3H3. The number of sulfonamides is 1. The molecule has 1 heterocycles. The van der Waals surface area contributed by atoms with Crippen molar-refractivity contribution in [3.63, 3.8) is 0 Å². The van der Waals surface area contributed by atoms with Gasteiger partial charge in [0.2, 0.25) is 10.0 Å². The lowest BCUT2D eigenvalue weighted by Gasteiger charge is -2.33. The number of rotatable bonds is 3. The summed E-state index contributed by atoms with van der Waals surface area (Å²) in [5, 5.41) is 0.675. The molecule has 0 aromatic heterocycles. The fourth-order valence-corrected chi connectivity index (χ4v) is 4.09. The Bertz CT molecular complexity index is 323. The van der Waals surface area contributed by atoms with Gasteiger partial charge in [-0.3, -0.25) is 0 Å². The van der Waals surface area contributed by atoms with Crippen molar-refractivity contribution in [1.29, 1.82) is 0 Å². The number of nitrogens with zero attached hydrogens (tertiary/aromatic N) is 1. The highest BCUT2D eigenvalue weighted by Crippen LogP contribution is 2.20. The maximum absolute atomic E-state index is 12.1. The van der Waals surface area contributed by atoms with Gasteiger partial charge in [-0.05, 0) is 5.41 Å². The molecule has 0 aliphatic carbocycles. The summed E-state index contributed by atoms with van der Waals surface area (Å²) in [6.45, 7) is 7.23. The predicted molar refractivity (Wildman–Crippen MR) is 68.3 cm³/mol. The van der Waals surface area contributed by atoms with Crippen molar-refractivity contribution < 1.29 is 13.2 Å². The first-order valence-electron chi connectivity index (χ1n) is 5.40. The monoisotopic (exact) mass is 313 g/mol. The molecule has 0 amide bonds. The van der Waals surface area contributed by atoms with Crippen LogP contribution in [0.5, 0.6) is 0 Å². The van der Waals surface area contributed by atoms with Gasteiger partial charge in [0.1, 0.15) is 0 Å². The van der Waals surface area contributed by atoms with E-state index < -0.39 is 10.0 Å². The molecule has 0 radical (unpaired) electrons. The SMILES string of the molecule is CC(C)(C)CS(=O)(=O)N1CCOC(CBr)C1. The van der Waals surface area contributed by atoms with E-state index in [4.69, 9.17) is 4.74 Å². The molecule has 0 saturated carbocycles. The van der Waals surface area contributed by atoms with E-state index in [0.29, 0.717) is 25.0 Å². The van der Waals surface area contributed by atoms with Crippen molar-refractivity contribution in [2.75, 3.05) is 30.8 Å². The Hall–Kier alpha value is 0.350. The Morgan fingerprint density at radius 1 is 1.44 bits per heavy atom. The highest BCUT2D eigenvalue weighted by atomic mass is 79.9. The quantitative estimate of drug-likeness (QED) is 0.741. The van der Waals surface area contributed by atoms with Gasteiger partial charge in [0.05, 0.1) is 18.5 Å². The first kappa shape index (κ1) is 14.4. The van der Waals surface area contributed by atoms with E-state index in [1.807, 2.05) is 20.8 Å². The molecule has 1 rings (SSSR count). The number of alkyl halides is 1. The third-order valence-corrected chi connectivity index (χ3v) is 5.35. The fraction of sp³-hybridized carbons (Fsp3) is 1.00. The highest BCUT2D eigenvalue weighted by Gasteiger charge is 2.32. The van der Waals surface area contributed by atoms with Gasteiger partial charge in [0.25, 0.3) is 0 Å². The van der Waals surface area contributed by atoms with Crippen LogP contribution in [0.15, 0.2) is 0 Å². The lowest BCUT2D eigenvalue weighted by Crippen LogP contribution is -2.48.